The van der Waals surface area contributed by atoms with Crippen molar-refractivity contribution in [2.75, 3.05) is 31.6 Å². The summed E-state index contributed by atoms with van der Waals surface area (Å²) in [5.74, 6) is -0.710. The molecule has 0 unspecified atom stereocenters. The maximum Gasteiger partial charge on any atom is 0.269 e. The maximum atomic E-state index is 14.4. The summed E-state index contributed by atoms with van der Waals surface area (Å²) in [4.78, 5) is 36.5. The molecule has 0 bridgehead atoms. The van der Waals surface area contributed by atoms with Crippen molar-refractivity contribution in [1.29, 1.82) is 0 Å². The summed E-state index contributed by atoms with van der Waals surface area (Å²) >= 11 is 0. The number of aryl methyl sites for hydroxylation is 1. The van der Waals surface area contributed by atoms with E-state index in [1.54, 1.807) is 4.90 Å². The fraction of sp³-hybridized carbons (Fsp3) is 0.407. The Morgan fingerprint density at radius 1 is 1.11 bits per heavy atom. The number of nitrogens with zero attached hydrogens (tertiary/aromatic N) is 4. The maximum absolute atomic E-state index is 14.4. The summed E-state index contributed by atoms with van der Waals surface area (Å²) < 4.78 is 42.8. The van der Waals surface area contributed by atoms with Crippen LogP contribution in [0.2, 0.25) is 0 Å². The van der Waals surface area contributed by atoms with Crippen LogP contribution in [0.4, 0.5) is 24.7 Å². The Labute approximate surface area is 212 Å². The van der Waals surface area contributed by atoms with Crippen LogP contribution in [-0.4, -0.2) is 53.4 Å². The Hall–Kier alpha value is -3.69. The van der Waals surface area contributed by atoms with Gasteiger partial charge in [-0.1, -0.05) is 6.07 Å². The molecule has 1 fully saturated rings. The molecule has 37 heavy (non-hydrogen) atoms. The van der Waals surface area contributed by atoms with E-state index in [0.29, 0.717) is 66.9 Å². The smallest absolute Gasteiger partial charge is 0.269 e. The molecule has 0 saturated carbocycles. The summed E-state index contributed by atoms with van der Waals surface area (Å²) in [6.07, 6.45) is 1.14. The molecule has 2 aliphatic heterocycles. The van der Waals surface area contributed by atoms with Gasteiger partial charge < -0.3 is 15.1 Å². The molecule has 4 heterocycles. The second kappa shape index (κ2) is 9.99. The standard InChI is InChI=1S/C27H28F3N5O2/c1-15(36)34-8-5-16(6-9-34)20-11-17-4-3-7-35(23(17)13-21(20)25(29)30)26-24-18(10-19(28)14-32-24)12-22(33-26)27(37)31-2/h10-14,16,25H,3-9H2,1-2H3,(H,31,37). The van der Waals surface area contributed by atoms with E-state index in [0.717, 1.165) is 18.2 Å². The van der Waals surface area contributed by atoms with Gasteiger partial charge in [-0.15, -0.1) is 0 Å². The van der Waals surface area contributed by atoms with Crippen LogP contribution in [-0.2, 0) is 11.2 Å². The van der Waals surface area contributed by atoms with Crippen molar-refractivity contribution < 1.29 is 22.8 Å². The number of fused-ring (bicyclic) bond motifs is 2. The van der Waals surface area contributed by atoms with Gasteiger partial charge in [0, 0.05) is 50.2 Å². The fourth-order valence-electron chi connectivity index (χ4n) is 5.47. The first-order valence-electron chi connectivity index (χ1n) is 12.4. The van der Waals surface area contributed by atoms with Gasteiger partial charge in [0.25, 0.3) is 12.3 Å². The van der Waals surface area contributed by atoms with Crippen molar-refractivity contribution in [2.24, 2.45) is 0 Å². The van der Waals surface area contributed by atoms with Crippen molar-refractivity contribution in [1.82, 2.24) is 20.2 Å². The molecule has 1 saturated heterocycles. The lowest BCUT2D eigenvalue weighted by Gasteiger charge is -2.35. The van der Waals surface area contributed by atoms with Gasteiger partial charge in [-0.3, -0.25) is 9.59 Å². The van der Waals surface area contributed by atoms with E-state index in [1.807, 2.05) is 11.0 Å². The number of carbonyl (C=O) groups is 2. The van der Waals surface area contributed by atoms with Gasteiger partial charge in [0.15, 0.2) is 5.82 Å². The number of rotatable bonds is 4. The number of likely N-dealkylation sites (tertiary alicyclic amines) is 1. The van der Waals surface area contributed by atoms with Crippen molar-refractivity contribution in [2.45, 2.75) is 45.0 Å². The van der Waals surface area contributed by atoms with E-state index < -0.39 is 18.1 Å². The minimum Gasteiger partial charge on any atom is -0.354 e. The number of amides is 2. The van der Waals surface area contributed by atoms with Crippen LogP contribution in [0.1, 0.15) is 65.7 Å². The van der Waals surface area contributed by atoms with E-state index in [4.69, 9.17) is 0 Å². The van der Waals surface area contributed by atoms with Crippen LogP contribution in [0.15, 0.2) is 30.5 Å². The lowest BCUT2D eigenvalue weighted by molar-refractivity contribution is -0.129. The lowest BCUT2D eigenvalue weighted by atomic mass is 9.83. The number of alkyl halides is 2. The Kier molecular flexibility index (Phi) is 6.74. The lowest BCUT2D eigenvalue weighted by Crippen LogP contribution is -2.36. The molecule has 0 spiro atoms. The minimum atomic E-state index is -2.68. The van der Waals surface area contributed by atoms with Gasteiger partial charge in [0.1, 0.15) is 17.0 Å². The molecule has 0 radical (unpaired) electrons. The molecule has 7 nitrogen and oxygen atoms in total. The summed E-state index contributed by atoms with van der Waals surface area (Å²) in [6.45, 7) is 3.12. The Morgan fingerprint density at radius 2 is 1.86 bits per heavy atom. The predicted molar refractivity (Wildman–Crippen MR) is 134 cm³/mol. The summed E-state index contributed by atoms with van der Waals surface area (Å²) in [5, 5.41) is 2.93. The number of aromatic nitrogens is 2. The summed E-state index contributed by atoms with van der Waals surface area (Å²) in [7, 11) is 1.48. The molecular weight excluding hydrogens is 483 g/mol. The van der Waals surface area contributed by atoms with Gasteiger partial charge in [0.2, 0.25) is 5.91 Å². The zero-order valence-electron chi connectivity index (χ0n) is 20.7. The number of pyridine rings is 2. The Morgan fingerprint density at radius 3 is 2.54 bits per heavy atom. The molecular formula is C27H28F3N5O2. The molecule has 1 N–H and O–H groups in total. The summed E-state index contributed by atoms with van der Waals surface area (Å²) in [6, 6.07) is 6.18. The highest BCUT2D eigenvalue weighted by molar-refractivity contribution is 6.00. The summed E-state index contributed by atoms with van der Waals surface area (Å²) in [5.41, 5.74) is 2.60. The SMILES string of the molecule is CNC(=O)c1cc2cc(F)cnc2c(N2CCCc3cc(C4CCN(C(C)=O)CC4)c(C(F)F)cc32)n1. The molecule has 1 aromatic carbocycles. The van der Waals surface area contributed by atoms with Crippen molar-refractivity contribution in [3.8, 4) is 0 Å². The van der Waals surface area contributed by atoms with Crippen molar-refractivity contribution >= 4 is 34.2 Å². The highest BCUT2D eigenvalue weighted by Crippen LogP contribution is 2.43. The molecule has 0 aliphatic carbocycles. The number of benzene rings is 1. The topological polar surface area (TPSA) is 78.4 Å². The first-order valence-corrected chi connectivity index (χ1v) is 12.4. The largest absolute Gasteiger partial charge is 0.354 e. The number of carbonyl (C=O) groups excluding carboxylic acids is 2. The normalized spacial score (nSPS) is 16.3. The van der Waals surface area contributed by atoms with Gasteiger partial charge >= 0.3 is 0 Å². The number of hydrogen-bond donors (Lipinski definition) is 1. The monoisotopic (exact) mass is 511 g/mol. The average Bonchev–Trinajstić information content (AvgIpc) is 2.90. The van der Waals surface area contributed by atoms with E-state index in [9.17, 15) is 22.8 Å². The van der Waals surface area contributed by atoms with E-state index in [1.165, 1.54) is 32.2 Å². The molecule has 3 aromatic rings. The predicted octanol–water partition coefficient (Wildman–Crippen LogP) is 4.88. The van der Waals surface area contributed by atoms with E-state index in [-0.39, 0.29) is 23.1 Å². The van der Waals surface area contributed by atoms with Gasteiger partial charge in [-0.2, -0.15) is 0 Å². The first-order chi connectivity index (χ1) is 17.8. The molecule has 5 rings (SSSR count). The molecule has 2 aromatic heterocycles. The van der Waals surface area contributed by atoms with Crippen molar-refractivity contribution in [3.63, 3.8) is 0 Å². The highest BCUT2D eigenvalue weighted by atomic mass is 19.3. The quantitative estimate of drug-likeness (QED) is 0.541. The average molecular weight is 512 g/mol. The van der Waals surface area contributed by atoms with Gasteiger partial charge in [-0.25, -0.2) is 23.1 Å². The molecule has 2 aliphatic rings. The second-order valence-corrected chi connectivity index (χ2v) is 9.58. The van der Waals surface area contributed by atoms with Crippen LogP contribution in [0, 0.1) is 5.82 Å². The van der Waals surface area contributed by atoms with Gasteiger partial charge in [-0.05, 0) is 60.9 Å². The van der Waals surface area contributed by atoms with E-state index >= 15 is 0 Å². The number of nitrogens with one attached hydrogen (secondary N) is 1. The van der Waals surface area contributed by atoms with E-state index in [2.05, 4.69) is 15.3 Å². The Bertz CT molecular complexity index is 1370. The van der Waals surface area contributed by atoms with Crippen LogP contribution >= 0.6 is 0 Å². The van der Waals surface area contributed by atoms with Crippen LogP contribution in [0.5, 0.6) is 0 Å². The van der Waals surface area contributed by atoms with Crippen LogP contribution in [0.25, 0.3) is 10.9 Å². The first kappa shape index (κ1) is 25.0. The third-order valence-electron chi connectivity index (χ3n) is 7.35. The zero-order chi connectivity index (χ0) is 26.3. The Balaban J connectivity index is 1.61. The third-order valence-corrected chi connectivity index (χ3v) is 7.35. The highest BCUT2D eigenvalue weighted by Gasteiger charge is 2.30. The minimum absolute atomic E-state index is 0.000757. The molecule has 10 heteroatoms. The number of anilines is 2. The van der Waals surface area contributed by atoms with Crippen LogP contribution in [0.3, 0.4) is 0 Å². The number of halogens is 3. The van der Waals surface area contributed by atoms with Crippen LogP contribution < -0.4 is 10.2 Å². The molecule has 2 amide bonds. The molecule has 194 valence electrons. The zero-order valence-corrected chi connectivity index (χ0v) is 20.7. The third kappa shape index (κ3) is 4.72. The number of hydrogen-bond acceptors (Lipinski definition) is 5. The van der Waals surface area contributed by atoms with Gasteiger partial charge in [0.05, 0.1) is 6.20 Å². The molecule has 0 atom stereocenters. The fourth-order valence-corrected chi connectivity index (χ4v) is 5.47. The van der Waals surface area contributed by atoms with Crippen molar-refractivity contribution in [3.05, 3.63) is 58.7 Å². The number of piperidine rings is 1. The second-order valence-electron chi connectivity index (χ2n) is 9.58.